The van der Waals surface area contributed by atoms with Crippen LogP contribution in [0.25, 0.3) is 0 Å². The van der Waals surface area contributed by atoms with Crippen LogP contribution in [-0.4, -0.2) is 18.2 Å². The van der Waals surface area contributed by atoms with Gasteiger partial charge in [-0.3, -0.25) is 0 Å². The summed E-state index contributed by atoms with van der Waals surface area (Å²) >= 11 is 6.86. The molecule has 1 heterocycles. The van der Waals surface area contributed by atoms with E-state index in [2.05, 4.69) is 0 Å². The Morgan fingerprint density at radius 2 is 1.06 bits per heavy atom. The lowest BCUT2D eigenvalue weighted by atomic mass is 9.77. The van der Waals surface area contributed by atoms with E-state index in [1.54, 1.807) is 41.1 Å². The van der Waals surface area contributed by atoms with Gasteiger partial charge in [-0.15, -0.1) is 0 Å². The van der Waals surface area contributed by atoms with E-state index < -0.39 is 15.4 Å². The lowest BCUT2D eigenvalue weighted by Crippen LogP contribution is -2.38. The van der Waals surface area contributed by atoms with Crippen molar-refractivity contribution >= 4 is 21.4 Å². The van der Waals surface area contributed by atoms with Crippen LogP contribution in [0.1, 0.15) is 22.4 Å². The zero-order valence-corrected chi connectivity index (χ0v) is 20.4. The maximum absolute atomic E-state index is 13.1. The summed E-state index contributed by atoms with van der Waals surface area (Å²) in [5, 5.41) is 5.17. The zero-order valence-electron chi connectivity index (χ0n) is 18.8. The predicted octanol–water partition coefficient (Wildman–Crippen LogP) is 6.35. The van der Waals surface area contributed by atoms with E-state index in [0.717, 1.165) is 16.7 Å². The number of aromatic nitrogens is 2. The Balaban J connectivity index is 1.74. The second kappa shape index (κ2) is 9.53. The van der Waals surface area contributed by atoms with Crippen molar-refractivity contribution in [2.45, 2.75) is 16.2 Å². The van der Waals surface area contributed by atoms with E-state index in [9.17, 15) is 8.42 Å². The highest BCUT2D eigenvalue weighted by molar-refractivity contribution is 7.90. The van der Waals surface area contributed by atoms with Gasteiger partial charge < -0.3 is 0 Å². The molecule has 6 heteroatoms. The molecule has 5 rings (SSSR count). The van der Waals surface area contributed by atoms with Gasteiger partial charge in [-0.05, 0) is 34.9 Å². The molecule has 0 fully saturated rings. The van der Waals surface area contributed by atoms with Crippen molar-refractivity contribution in [1.29, 1.82) is 0 Å². The Kier molecular flexibility index (Phi) is 6.29. The fraction of sp³-hybridized carbons (Fsp3) is 0.0690. The van der Waals surface area contributed by atoms with E-state index in [1.807, 2.05) is 91.0 Å². The van der Waals surface area contributed by atoms with Crippen LogP contribution < -0.4 is 0 Å². The Hall–Kier alpha value is -3.67. The van der Waals surface area contributed by atoms with Crippen LogP contribution >= 0.6 is 11.6 Å². The molecule has 0 N–H and O–H groups in total. The molecule has 0 aliphatic rings. The first-order valence-electron chi connectivity index (χ1n) is 11.2. The van der Waals surface area contributed by atoms with Gasteiger partial charge in [0.05, 0.1) is 16.3 Å². The van der Waals surface area contributed by atoms with Crippen LogP contribution in [0.3, 0.4) is 0 Å². The van der Waals surface area contributed by atoms with Gasteiger partial charge in [-0.1, -0.05) is 121 Å². The summed E-state index contributed by atoms with van der Waals surface area (Å²) in [4.78, 5) is 0.256. The maximum Gasteiger partial charge on any atom is 0.184 e. The van der Waals surface area contributed by atoms with Crippen molar-refractivity contribution in [3.63, 3.8) is 0 Å². The number of nitrogens with zero attached hydrogens (tertiary/aromatic N) is 2. The maximum atomic E-state index is 13.1. The summed E-state index contributed by atoms with van der Waals surface area (Å²) in [7, 11) is -3.59. The van der Waals surface area contributed by atoms with Crippen molar-refractivity contribution in [3.05, 3.63) is 155 Å². The van der Waals surface area contributed by atoms with Crippen molar-refractivity contribution in [2.75, 3.05) is 0 Å². The van der Waals surface area contributed by atoms with Crippen LogP contribution in [-0.2, 0) is 21.1 Å². The van der Waals surface area contributed by atoms with Crippen molar-refractivity contribution in [1.82, 2.24) is 9.78 Å². The topological polar surface area (TPSA) is 52.0 Å². The molecule has 0 radical (unpaired) electrons. The first-order valence-corrected chi connectivity index (χ1v) is 13.2. The molecule has 0 bridgehead atoms. The molecule has 5 aromatic rings. The van der Waals surface area contributed by atoms with Crippen molar-refractivity contribution < 1.29 is 8.42 Å². The Bertz CT molecular complexity index is 1420. The molecule has 1 aromatic heterocycles. The first kappa shape index (κ1) is 23.1. The second-order valence-corrected chi connectivity index (χ2v) is 10.6. The number of hydrogen-bond acceptors (Lipinski definition) is 3. The third-order valence-corrected chi connectivity index (χ3v) is 7.98. The number of benzene rings is 4. The highest BCUT2D eigenvalue weighted by Gasteiger charge is 2.41. The number of hydrogen-bond donors (Lipinski definition) is 0. The van der Waals surface area contributed by atoms with E-state index in [-0.39, 0.29) is 10.6 Å². The van der Waals surface area contributed by atoms with Gasteiger partial charge in [0.25, 0.3) is 0 Å². The van der Waals surface area contributed by atoms with Crippen LogP contribution in [0.5, 0.6) is 0 Å². The van der Waals surface area contributed by atoms with E-state index in [0.29, 0.717) is 10.8 Å². The van der Waals surface area contributed by atoms with Gasteiger partial charge in [-0.25, -0.2) is 13.1 Å². The molecule has 0 saturated heterocycles. The molecule has 0 aliphatic carbocycles. The van der Waals surface area contributed by atoms with Gasteiger partial charge in [0.15, 0.2) is 9.84 Å². The largest absolute Gasteiger partial charge is 0.234 e. The smallest absolute Gasteiger partial charge is 0.184 e. The van der Waals surface area contributed by atoms with Gasteiger partial charge >= 0.3 is 0 Å². The molecule has 0 atom stereocenters. The van der Waals surface area contributed by atoms with Crippen LogP contribution in [0.15, 0.2) is 132 Å². The second-order valence-electron chi connectivity index (χ2n) is 8.25. The normalized spacial score (nSPS) is 11.9. The molecule has 4 nitrogen and oxygen atoms in total. The molecule has 4 aromatic carbocycles. The third-order valence-electron chi connectivity index (χ3n) is 6.05. The monoisotopic (exact) mass is 498 g/mol. The number of rotatable bonds is 7. The molecule has 0 aliphatic heterocycles. The van der Waals surface area contributed by atoms with Gasteiger partial charge in [-0.2, -0.15) is 5.10 Å². The molecule has 0 unspecified atom stereocenters. The van der Waals surface area contributed by atoms with Gasteiger partial charge in [0.2, 0.25) is 0 Å². The lowest BCUT2D eigenvalue weighted by molar-refractivity contribution is 0.458. The predicted molar refractivity (Wildman–Crippen MR) is 139 cm³/mol. The quantitative estimate of drug-likeness (QED) is 0.246. The summed E-state index contributed by atoms with van der Waals surface area (Å²) in [6, 6.07) is 40.1. The molecule has 0 spiro atoms. The third kappa shape index (κ3) is 4.29. The minimum atomic E-state index is -3.59. The summed E-state index contributed by atoms with van der Waals surface area (Å²) < 4.78 is 27.9. The Labute approximate surface area is 210 Å². The van der Waals surface area contributed by atoms with Crippen LogP contribution in [0.2, 0.25) is 5.15 Å². The Morgan fingerprint density at radius 1 is 0.657 bits per heavy atom. The van der Waals surface area contributed by atoms with E-state index in [1.165, 1.54) is 0 Å². The zero-order chi connectivity index (χ0) is 24.3. The summed E-state index contributed by atoms with van der Waals surface area (Å²) in [6.45, 7) is 0. The van der Waals surface area contributed by atoms with Crippen LogP contribution in [0, 0.1) is 0 Å². The van der Waals surface area contributed by atoms with Crippen LogP contribution in [0.4, 0.5) is 0 Å². The average molecular weight is 499 g/mol. The highest BCUT2D eigenvalue weighted by Crippen LogP contribution is 2.42. The summed E-state index contributed by atoms with van der Waals surface area (Å²) in [5.74, 6) is -0.252. The molecule has 174 valence electrons. The fourth-order valence-electron chi connectivity index (χ4n) is 4.52. The minimum absolute atomic E-state index is 0.252. The average Bonchev–Trinajstić information content (AvgIpc) is 3.26. The summed E-state index contributed by atoms with van der Waals surface area (Å²) in [6.07, 6.45) is 0. The molecule has 0 saturated carbocycles. The first-order chi connectivity index (χ1) is 17.0. The molecular formula is C29H23ClN2O2S. The van der Waals surface area contributed by atoms with Crippen molar-refractivity contribution in [2.24, 2.45) is 0 Å². The molecular weight excluding hydrogens is 476 g/mol. The highest BCUT2D eigenvalue weighted by atomic mass is 35.5. The minimum Gasteiger partial charge on any atom is -0.234 e. The van der Waals surface area contributed by atoms with Gasteiger partial charge in [0, 0.05) is 0 Å². The fourth-order valence-corrected chi connectivity index (χ4v) is 6.08. The Morgan fingerprint density at radius 3 is 1.49 bits per heavy atom. The van der Waals surface area contributed by atoms with Crippen molar-refractivity contribution in [3.8, 4) is 0 Å². The molecule has 0 amide bonds. The number of sulfone groups is 1. The van der Waals surface area contributed by atoms with E-state index >= 15 is 0 Å². The standard InChI is InChI=1S/C29H23ClN2O2S/c30-28-21-26(22-35(33,34)27-19-11-4-12-20-27)31-32(28)29(23-13-5-1-6-14-23,24-15-7-2-8-16-24)25-17-9-3-10-18-25/h1-21H,22H2. The number of halogens is 1. The van der Waals surface area contributed by atoms with Gasteiger partial charge in [0.1, 0.15) is 10.7 Å². The van der Waals surface area contributed by atoms with E-state index in [4.69, 9.17) is 16.7 Å². The summed E-state index contributed by atoms with van der Waals surface area (Å²) in [5.41, 5.74) is 2.35. The lowest BCUT2D eigenvalue weighted by Gasteiger charge is -2.36. The SMILES string of the molecule is O=S(=O)(Cc1cc(Cl)n(C(c2ccccc2)(c2ccccc2)c2ccccc2)n1)c1ccccc1. The molecule has 35 heavy (non-hydrogen) atoms.